The molecule has 1 aromatic rings. The van der Waals surface area contributed by atoms with E-state index in [1.807, 2.05) is 6.92 Å². The Morgan fingerprint density at radius 1 is 0.902 bits per heavy atom. The average Bonchev–Trinajstić information content (AvgIpc) is 2.91. The zero-order valence-corrected chi connectivity index (χ0v) is 23.3. The Bertz CT molecular complexity index is 1080. The third-order valence-electron chi connectivity index (χ3n) is 6.39. The third kappa shape index (κ3) is 13.0. The smallest absolute Gasteiger partial charge is 0.326 e. The van der Waals surface area contributed by atoms with Gasteiger partial charge >= 0.3 is 5.97 Å². The predicted molar refractivity (Wildman–Crippen MR) is 151 cm³/mol. The van der Waals surface area contributed by atoms with E-state index in [0.717, 1.165) is 0 Å². The minimum Gasteiger partial charge on any atom is -0.508 e. The van der Waals surface area contributed by atoms with Crippen LogP contribution in [0, 0.1) is 5.92 Å². The Hall–Kier alpha value is -4.40. The molecular weight excluding hydrogens is 536 g/mol. The number of phenols is 1. The second-order valence-electron chi connectivity index (χ2n) is 9.76. The number of primary amides is 1. The number of benzene rings is 1. The summed E-state index contributed by atoms with van der Waals surface area (Å²) in [6.07, 6.45) is 0.436. The largest absolute Gasteiger partial charge is 0.508 e. The van der Waals surface area contributed by atoms with E-state index in [9.17, 15) is 34.2 Å². The van der Waals surface area contributed by atoms with Crippen molar-refractivity contribution >= 4 is 35.6 Å². The Kier molecular flexibility index (Phi) is 14.6. The fraction of sp³-hybridized carbons (Fsp3) is 0.538. The monoisotopic (exact) mass is 578 g/mol. The lowest BCUT2D eigenvalue weighted by Gasteiger charge is -2.28. The van der Waals surface area contributed by atoms with Gasteiger partial charge in [-0.25, -0.2) is 4.79 Å². The number of nitrogens with one attached hydrogen (secondary N) is 3. The van der Waals surface area contributed by atoms with Gasteiger partial charge in [-0.1, -0.05) is 32.4 Å². The number of phenolic OH excluding ortho intramolecular Hbond substituents is 1. The van der Waals surface area contributed by atoms with Crippen molar-refractivity contribution in [2.75, 3.05) is 6.54 Å². The topological polar surface area (TPSA) is 278 Å². The van der Waals surface area contributed by atoms with E-state index in [4.69, 9.17) is 22.9 Å². The van der Waals surface area contributed by atoms with Gasteiger partial charge in [0.15, 0.2) is 5.96 Å². The van der Waals surface area contributed by atoms with Crippen molar-refractivity contribution in [3.05, 3.63) is 29.8 Å². The molecule has 41 heavy (non-hydrogen) atoms. The van der Waals surface area contributed by atoms with E-state index >= 15 is 0 Å². The minimum absolute atomic E-state index is 0.0397. The Morgan fingerprint density at radius 2 is 1.51 bits per heavy atom. The van der Waals surface area contributed by atoms with Crippen LogP contribution >= 0.6 is 0 Å². The molecule has 1 rings (SSSR count). The molecule has 0 aromatic heterocycles. The summed E-state index contributed by atoms with van der Waals surface area (Å²) in [6, 6.07) is 1.50. The predicted octanol–water partition coefficient (Wildman–Crippen LogP) is -1.83. The quantitative estimate of drug-likeness (QED) is 0.0533. The molecule has 13 N–H and O–H groups in total. The number of nitrogens with two attached hydrogens (primary N) is 4. The maximum atomic E-state index is 13.4. The molecule has 0 aliphatic rings. The summed E-state index contributed by atoms with van der Waals surface area (Å²) in [5.41, 5.74) is 22.5. The van der Waals surface area contributed by atoms with Gasteiger partial charge in [0.05, 0.1) is 6.04 Å². The van der Waals surface area contributed by atoms with Crippen molar-refractivity contribution in [2.24, 2.45) is 33.8 Å². The lowest BCUT2D eigenvalue weighted by Crippen LogP contribution is -2.58. The normalized spacial score (nSPS) is 14.4. The molecule has 0 radical (unpaired) electrons. The van der Waals surface area contributed by atoms with Crippen LogP contribution in [0.1, 0.15) is 51.5 Å². The van der Waals surface area contributed by atoms with Gasteiger partial charge in [-0.05, 0) is 49.3 Å². The van der Waals surface area contributed by atoms with Crippen molar-refractivity contribution in [3.63, 3.8) is 0 Å². The molecule has 0 spiro atoms. The fourth-order valence-corrected chi connectivity index (χ4v) is 3.79. The van der Waals surface area contributed by atoms with Crippen molar-refractivity contribution in [1.82, 2.24) is 16.0 Å². The highest BCUT2D eigenvalue weighted by atomic mass is 16.4. The van der Waals surface area contributed by atoms with Crippen LogP contribution in [0.15, 0.2) is 29.3 Å². The molecule has 0 fully saturated rings. The van der Waals surface area contributed by atoms with E-state index in [1.165, 1.54) is 12.1 Å². The van der Waals surface area contributed by atoms with Gasteiger partial charge in [0, 0.05) is 13.0 Å². The highest BCUT2D eigenvalue weighted by molar-refractivity contribution is 5.94. The summed E-state index contributed by atoms with van der Waals surface area (Å²) >= 11 is 0. The Morgan fingerprint density at radius 3 is 2.05 bits per heavy atom. The first-order chi connectivity index (χ1) is 19.2. The molecule has 4 amide bonds. The summed E-state index contributed by atoms with van der Waals surface area (Å²) in [7, 11) is 0. The lowest BCUT2D eigenvalue weighted by atomic mass is 9.96. The first-order valence-corrected chi connectivity index (χ1v) is 13.3. The van der Waals surface area contributed by atoms with Gasteiger partial charge in [0.25, 0.3) is 0 Å². The average molecular weight is 579 g/mol. The SMILES string of the molecule is CCC(C)C(NC(=O)C(N)Cc1ccc(O)cc1)C(=O)NC(CCCN=C(N)N)C(=O)NC(CCC(N)=O)C(=O)O. The fourth-order valence-electron chi connectivity index (χ4n) is 3.79. The number of aliphatic imine (C=N–C) groups is 1. The number of aliphatic carboxylic acids is 1. The first kappa shape index (κ1) is 34.6. The van der Waals surface area contributed by atoms with Crippen molar-refractivity contribution in [2.45, 2.75) is 76.5 Å². The number of hydrogen-bond acceptors (Lipinski definition) is 8. The van der Waals surface area contributed by atoms with Gasteiger partial charge in [0.1, 0.15) is 23.9 Å². The van der Waals surface area contributed by atoms with Gasteiger partial charge in [-0.15, -0.1) is 0 Å². The van der Waals surface area contributed by atoms with Crippen molar-refractivity contribution in [3.8, 4) is 5.75 Å². The number of carbonyl (C=O) groups excluding carboxylic acids is 4. The summed E-state index contributed by atoms with van der Waals surface area (Å²) in [5.74, 6) is -4.62. The third-order valence-corrected chi connectivity index (χ3v) is 6.39. The van der Waals surface area contributed by atoms with Crippen LogP contribution in [0.3, 0.4) is 0 Å². The highest BCUT2D eigenvalue weighted by Crippen LogP contribution is 2.13. The zero-order valence-electron chi connectivity index (χ0n) is 23.3. The van der Waals surface area contributed by atoms with Gasteiger partial charge in [0.2, 0.25) is 23.6 Å². The molecule has 0 saturated heterocycles. The van der Waals surface area contributed by atoms with Crippen LogP contribution in [0.4, 0.5) is 0 Å². The summed E-state index contributed by atoms with van der Waals surface area (Å²) in [5, 5.41) is 26.5. The summed E-state index contributed by atoms with van der Waals surface area (Å²) in [6.45, 7) is 3.71. The van der Waals surface area contributed by atoms with E-state index in [1.54, 1.807) is 19.1 Å². The number of amides is 4. The van der Waals surface area contributed by atoms with Crippen LogP contribution in [0.5, 0.6) is 5.75 Å². The molecule has 0 bridgehead atoms. The molecule has 0 saturated carbocycles. The minimum atomic E-state index is -1.42. The van der Waals surface area contributed by atoms with E-state index < -0.39 is 53.8 Å². The first-order valence-electron chi connectivity index (χ1n) is 13.3. The molecule has 228 valence electrons. The number of carbonyl (C=O) groups is 5. The van der Waals surface area contributed by atoms with Gasteiger partial charge < -0.3 is 49.1 Å². The molecule has 0 heterocycles. The summed E-state index contributed by atoms with van der Waals surface area (Å²) < 4.78 is 0. The second-order valence-corrected chi connectivity index (χ2v) is 9.76. The number of hydrogen-bond donors (Lipinski definition) is 9. The molecule has 1 aromatic carbocycles. The molecule has 5 atom stereocenters. The standard InChI is InChI=1S/C26H42N8O7/c1-3-14(2)21(34-22(37)17(27)13-15-6-8-16(35)9-7-15)24(39)32-18(5-4-12-31-26(29)30)23(38)33-19(25(40)41)10-11-20(28)36/h6-9,14,17-19,21,35H,3-5,10-13,27H2,1-2H3,(H2,28,36)(H,32,39)(H,33,38)(H,34,37)(H,40,41)(H4,29,30,31). The Labute approximate surface area is 238 Å². The number of aromatic hydroxyl groups is 1. The van der Waals surface area contributed by atoms with E-state index in [0.29, 0.717) is 12.0 Å². The Balaban J connectivity index is 3.05. The molecule has 5 unspecified atom stereocenters. The number of guanidine groups is 1. The van der Waals surface area contributed by atoms with Crippen LogP contribution in [-0.4, -0.2) is 76.5 Å². The molecule has 15 heteroatoms. The maximum absolute atomic E-state index is 13.4. The lowest BCUT2D eigenvalue weighted by molar-refractivity contribution is -0.142. The number of nitrogens with zero attached hydrogens (tertiary/aromatic N) is 1. The van der Waals surface area contributed by atoms with Crippen LogP contribution in [-0.2, 0) is 30.4 Å². The van der Waals surface area contributed by atoms with Crippen molar-refractivity contribution in [1.29, 1.82) is 0 Å². The molecular formula is C26H42N8O7. The van der Waals surface area contributed by atoms with E-state index in [-0.39, 0.29) is 56.3 Å². The van der Waals surface area contributed by atoms with Crippen LogP contribution in [0.2, 0.25) is 0 Å². The molecule has 15 nitrogen and oxygen atoms in total. The van der Waals surface area contributed by atoms with Gasteiger partial charge in [-0.3, -0.25) is 24.2 Å². The number of carboxylic acids is 1. The van der Waals surface area contributed by atoms with E-state index in [2.05, 4.69) is 20.9 Å². The van der Waals surface area contributed by atoms with Gasteiger partial charge in [-0.2, -0.15) is 0 Å². The zero-order chi connectivity index (χ0) is 31.1. The summed E-state index contributed by atoms with van der Waals surface area (Å²) in [4.78, 5) is 65.9. The maximum Gasteiger partial charge on any atom is 0.326 e. The number of rotatable bonds is 18. The number of carboxylic acid groups (broad SMARTS) is 1. The van der Waals surface area contributed by atoms with Crippen LogP contribution in [0.25, 0.3) is 0 Å². The second kappa shape index (κ2) is 17.3. The highest BCUT2D eigenvalue weighted by Gasteiger charge is 2.32. The van der Waals surface area contributed by atoms with Crippen LogP contribution < -0.4 is 38.9 Å². The van der Waals surface area contributed by atoms with Crippen molar-refractivity contribution < 1.29 is 34.2 Å². The molecule has 0 aliphatic heterocycles. The molecule has 0 aliphatic carbocycles.